The van der Waals surface area contributed by atoms with Crippen LogP contribution in [0.25, 0.3) is 0 Å². The number of amides is 1. The molecule has 1 aromatic heterocycles. The van der Waals surface area contributed by atoms with Crippen molar-refractivity contribution >= 4 is 11.6 Å². The van der Waals surface area contributed by atoms with Gasteiger partial charge in [-0.15, -0.1) is 0 Å². The highest BCUT2D eigenvalue weighted by molar-refractivity contribution is 5.86. The zero-order chi connectivity index (χ0) is 22.8. The Morgan fingerprint density at radius 2 is 1.77 bits per heavy atom. The maximum absolute atomic E-state index is 13.5. The second kappa shape index (κ2) is 8.93. The predicted molar refractivity (Wildman–Crippen MR) is 121 cm³/mol. The molecule has 1 aliphatic rings. The van der Waals surface area contributed by atoms with Gasteiger partial charge in [-0.1, -0.05) is 39.0 Å². The van der Waals surface area contributed by atoms with Crippen molar-refractivity contribution in [3.05, 3.63) is 59.4 Å². The Hall–Kier alpha value is -2.50. The number of aromatic nitrogens is 1. The number of benzene rings is 1. The summed E-state index contributed by atoms with van der Waals surface area (Å²) in [6.45, 7) is 8.42. The lowest BCUT2D eigenvalue weighted by molar-refractivity contribution is -0.124. The van der Waals surface area contributed by atoms with Crippen LogP contribution in [0.5, 0.6) is 0 Å². The third-order valence-corrected chi connectivity index (χ3v) is 6.05. The van der Waals surface area contributed by atoms with E-state index in [2.05, 4.69) is 43.2 Å². The van der Waals surface area contributed by atoms with Crippen molar-refractivity contribution in [1.82, 2.24) is 10.3 Å². The molecular formula is C25H33F2N3O. The highest BCUT2D eigenvalue weighted by atomic mass is 19.3. The number of nitrogens with one attached hydrogen (secondary N) is 1. The van der Waals surface area contributed by atoms with E-state index in [4.69, 9.17) is 0 Å². The number of likely N-dealkylation sites (N-methyl/N-ethyl adjacent to an activating group) is 1. The Morgan fingerprint density at radius 1 is 1.16 bits per heavy atom. The van der Waals surface area contributed by atoms with Crippen LogP contribution in [0.15, 0.2) is 42.7 Å². The fourth-order valence-electron chi connectivity index (χ4n) is 4.09. The van der Waals surface area contributed by atoms with Gasteiger partial charge in [-0.25, -0.2) is 8.78 Å². The molecule has 3 rings (SSSR count). The zero-order valence-corrected chi connectivity index (χ0v) is 19.1. The van der Waals surface area contributed by atoms with Gasteiger partial charge < -0.3 is 10.2 Å². The average Bonchev–Trinajstić information content (AvgIpc) is 2.69. The number of carbonyl (C=O) groups is 1. The van der Waals surface area contributed by atoms with Crippen LogP contribution in [0.4, 0.5) is 14.5 Å². The molecule has 1 unspecified atom stereocenters. The Bertz CT molecular complexity index is 896. The molecule has 1 fully saturated rings. The molecule has 0 aliphatic heterocycles. The van der Waals surface area contributed by atoms with Crippen LogP contribution in [0.1, 0.15) is 69.2 Å². The Kier molecular flexibility index (Phi) is 6.68. The summed E-state index contributed by atoms with van der Waals surface area (Å²) in [5.41, 5.74) is 3.90. The molecule has 1 N–H and O–H groups in total. The van der Waals surface area contributed by atoms with Crippen LogP contribution < -0.4 is 10.2 Å². The largest absolute Gasteiger partial charge is 0.359 e. The number of carbonyl (C=O) groups excluding carboxylic acids is 1. The standard InChI is InChI=1S/C25H33F2N3O/c1-17-14-18(16-28-15-17)22(23(31)29-20-10-12-25(26,27)13-11-20)30(5)21-8-6-19(7-9-21)24(2,3)4/h6-9,14-16,20,22H,10-13H2,1-5H3,(H,29,31). The van der Waals surface area contributed by atoms with Gasteiger partial charge in [0.2, 0.25) is 11.8 Å². The predicted octanol–water partition coefficient (Wildman–Crippen LogP) is 5.56. The number of hydrogen-bond donors (Lipinski definition) is 1. The molecule has 1 aromatic carbocycles. The molecular weight excluding hydrogens is 396 g/mol. The molecule has 0 saturated heterocycles. The van der Waals surface area contributed by atoms with Gasteiger partial charge in [-0.3, -0.25) is 9.78 Å². The van der Waals surface area contributed by atoms with Gasteiger partial charge in [-0.05, 0) is 48.4 Å². The number of anilines is 1. The molecule has 0 radical (unpaired) electrons. The first-order valence-electron chi connectivity index (χ1n) is 10.9. The molecule has 2 aromatic rings. The highest BCUT2D eigenvalue weighted by Gasteiger charge is 2.36. The molecule has 0 spiro atoms. The molecule has 4 nitrogen and oxygen atoms in total. The smallest absolute Gasteiger partial charge is 0.248 e. The van der Waals surface area contributed by atoms with Crippen molar-refractivity contribution in [2.75, 3.05) is 11.9 Å². The van der Waals surface area contributed by atoms with Gasteiger partial charge in [0.05, 0.1) is 0 Å². The van der Waals surface area contributed by atoms with E-state index in [0.717, 1.165) is 16.8 Å². The first-order valence-corrected chi connectivity index (χ1v) is 10.9. The van der Waals surface area contributed by atoms with Gasteiger partial charge in [0, 0.05) is 49.6 Å². The third kappa shape index (κ3) is 5.81. The summed E-state index contributed by atoms with van der Waals surface area (Å²) in [5, 5.41) is 3.02. The van der Waals surface area contributed by atoms with E-state index in [9.17, 15) is 13.6 Å². The van der Waals surface area contributed by atoms with Crippen LogP contribution >= 0.6 is 0 Å². The Labute approximate surface area is 184 Å². The van der Waals surface area contributed by atoms with Crippen molar-refractivity contribution < 1.29 is 13.6 Å². The first kappa shape index (κ1) is 23.2. The minimum Gasteiger partial charge on any atom is -0.359 e. The molecule has 168 valence electrons. The minimum absolute atomic E-state index is 0.0391. The average molecular weight is 430 g/mol. The van der Waals surface area contributed by atoms with Gasteiger partial charge in [0.1, 0.15) is 6.04 Å². The van der Waals surface area contributed by atoms with E-state index in [0.29, 0.717) is 12.8 Å². The zero-order valence-electron chi connectivity index (χ0n) is 19.1. The topological polar surface area (TPSA) is 45.2 Å². The van der Waals surface area contributed by atoms with E-state index in [-0.39, 0.29) is 30.2 Å². The first-order chi connectivity index (χ1) is 14.5. The van der Waals surface area contributed by atoms with Crippen LogP contribution in [0.2, 0.25) is 0 Å². The molecule has 1 amide bonds. The number of halogens is 2. The third-order valence-electron chi connectivity index (χ3n) is 6.05. The van der Waals surface area contributed by atoms with Crippen molar-refractivity contribution in [2.24, 2.45) is 0 Å². The molecule has 1 heterocycles. The Balaban J connectivity index is 1.85. The fraction of sp³-hybridized carbons (Fsp3) is 0.520. The number of rotatable bonds is 5. The fourth-order valence-corrected chi connectivity index (χ4v) is 4.09. The number of pyridine rings is 1. The number of aryl methyl sites for hydroxylation is 1. The summed E-state index contributed by atoms with van der Waals surface area (Å²) < 4.78 is 27.0. The normalized spacial score (nSPS) is 17.8. The SMILES string of the molecule is Cc1cncc(C(C(=O)NC2CCC(F)(F)CC2)N(C)c2ccc(C(C)(C)C)cc2)c1. The maximum Gasteiger partial charge on any atom is 0.248 e. The minimum atomic E-state index is -2.62. The van der Waals surface area contributed by atoms with E-state index in [1.165, 1.54) is 5.56 Å². The van der Waals surface area contributed by atoms with E-state index < -0.39 is 12.0 Å². The van der Waals surface area contributed by atoms with Gasteiger partial charge >= 0.3 is 0 Å². The monoisotopic (exact) mass is 429 g/mol. The molecule has 1 atom stereocenters. The molecule has 31 heavy (non-hydrogen) atoms. The molecule has 6 heteroatoms. The van der Waals surface area contributed by atoms with Crippen molar-refractivity contribution in [3.8, 4) is 0 Å². The van der Waals surface area contributed by atoms with Crippen LogP contribution in [-0.2, 0) is 10.2 Å². The summed E-state index contributed by atoms with van der Waals surface area (Å²) in [5.74, 6) is -2.81. The van der Waals surface area contributed by atoms with Crippen molar-refractivity contribution in [2.45, 2.75) is 76.8 Å². The lowest BCUT2D eigenvalue weighted by atomic mass is 9.87. The lowest BCUT2D eigenvalue weighted by Gasteiger charge is -2.33. The summed E-state index contributed by atoms with van der Waals surface area (Å²) >= 11 is 0. The molecule has 0 bridgehead atoms. The number of hydrogen-bond acceptors (Lipinski definition) is 3. The van der Waals surface area contributed by atoms with Crippen LogP contribution in [0.3, 0.4) is 0 Å². The van der Waals surface area contributed by atoms with Gasteiger partial charge in [-0.2, -0.15) is 0 Å². The quantitative estimate of drug-likeness (QED) is 0.677. The Morgan fingerprint density at radius 3 is 2.32 bits per heavy atom. The summed E-state index contributed by atoms with van der Waals surface area (Å²) in [4.78, 5) is 19.6. The summed E-state index contributed by atoms with van der Waals surface area (Å²) in [6.07, 6.45) is 3.67. The highest BCUT2D eigenvalue weighted by Crippen LogP contribution is 2.34. The van der Waals surface area contributed by atoms with Gasteiger partial charge in [0.25, 0.3) is 0 Å². The lowest BCUT2D eigenvalue weighted by Crippen LogP contribution is -2.46. The molecule has 1 aliphatic carbocycles. The number of nitrogens with zero attached hydrogens (tertiary/aromatic N) is 2. The second-order valence-electron chi connectivity index (χ2n) is 9.74. The van der Waals surface area contributed by atoms with E-state index >= 15 is 0 Å². The van der Waals surface area contributed by atoms with E-state index in [1.807, 2.05) is 37.1 Å². The van der Waals surface area contributed by atoms with E-state index in [1.54, 1.807) is 12.4 Å². The summed E-state index contributed by atoms with van der Waals surface area (Å²) in [7, 11) is 1.88. The van der Waals surface area contributed by atoms with Gasteiger partial charge in [0.15, 0.2) is 0 Å². The van der Waals surface area contributed by atoms with Crippen LogP contribution in [0, 0.1) is 6.92 Å². The number of alkyl halides is 2. The van der Waals surface area contributed by atoms with Crippen LogP contribution in [-0.4, -0.2) is 29.9 Å². The second-order valence-corrected chi connectivity index (χ2v) is 9.74. The maximum atomic E-state index is 13.5. The van der Waals surface area contributed by atoms with Crippen molar-refractivity contribution in [3.63, 3.8) is 0 Å². The molecule has 1 saturated carbocycles. The van der Waals surface area contributed by atoms with Crippen molar-refractivity contribution in [1.29, 1.82) is 0 Å². The summed E-state index contributed by atoms with van der Waals surface area (Å²) in [6, 6.07) is 9.32.